The van der Waals surface area contributed by atoms with Crippen molar-refractivity contribution in [2.24, 2.45) is 0 Å². The zero-order chi connectivity index (χ0) is 24.2. The summed E-state index contributed by atoms with van der Waals surface area (Å²) in [5, 5.41) is 13.6. The van der Waals surface area contributed by atoms with Crippen molar-refractivity contribution in [2.75, 3.05) is 39.3 Å². The normalized spacial score (nSPS) is 18.7. The van der Waals surface area contributed by atoms with Crippen LogP contribution in [0.25, 0.3) is 10.9 Å². The standard InChI is InChI=1S/C27H33FN4O3/c28-19-3-1-4-22(17-19)35-26-6-2-5-24-23(26)18-25(30-24)27(34)29-20-7-11-31(12-8-20)15-16-32-13-9-21(33)10-14-32/h1-6,17-18,20-21,30,33H,7-16H2,(H,29,34). The molecular formula is C27H33FN4O3. The highest BCUT2D eigenvalue weighted by atomic mass is 19.1. The smallest absolute Gasteiger partial charge is 0.267 e. The van der Waals surface area contributed by atoms with Gasteiger partial charge < -0.3 is 29.9 Å². The zero-order valence-corrected chi connectivity index (χ0v) is 19.9. The van der Waals surface area contributed by atoms with Crippen LogP contribution in [-0.2, 0) is 0 Å². The summed E-state index contributed by atoms with van der Waals surface area (Å²) < 4.78 is 19.4. The lowest BCUT2D eigenvalue weighted by Gasteiger charge is -2.35. The van der Waals surface area contributed by atoms with Gasteiger partial charge in [-0.3, -0.25) is 4.79 Å². The molecule has 8 heteroatoms. The van der Waals surface area contributed by atoms with E-state index in [1.807, 2.05) is 18.2 Å². The van der Waals surface area contributed by atoms with E-state index >= 15 is 0 Å². The third kappa shape index (κ3) is 6.01. The van der Waals surface area contributed by atoms with Gasteiger partial charge in [-0.1, -0.05) is 12.1 Å². The van der Waals surface area contributed by atoms with Gasteiger partial charge in [-0.25, -0.2) is 4.39 Å². The summed E-state index contributed by atoms with van der Waals surface area (Å²) >= 11 is 0. The van der Waals surface area contributed by atoms with E-state index in [2.05, 4.69) is 20.1 Å². The van der Waals surface area contributed by atoms with Crippen molar-refractivity contribution in [3.05, 3.63) is 60.0 Å². The number of aliphatic hydroxyl groups is 1. The molecule has 2 saturated heterocycles. The van der Waals surface area contributed by atoms with Crippen LogP contribution in [-0.4, -0.2) is 77.2 Å². The molecule has 0 bridgehead atoms. The number of ether oxygens (including phenoxy) is 1. The highest BCUT2D eigenvalue weighted by molar-refractivity contribution is 5.99. The molecule has 2 aliphatic heterocycles. The van der Waals surface area contributed by atoms with Crippen LogP contribution in [0.2, 0.25) is 0 Å². The highest BCUT2D eigenvalue weighted by Gasteiger charge is 2.23. The lowest BCUT2D eigenvalue weighted by atomic mass is 10.0. The van der Waals surface area contributed by atoms with Gasteiger partial charge in [0.25, 0.3) is 5.91 Å². The molecule has 0 unspecified atom stereocenters. The molecule has 0 aliphatic carbocycles. The molecule has 35 heavy (non-hydrogen) atoms. The summed E-state index contributed by atoms with van der Waals surface area (Å²) in [7, 11) is 0. The summed E-state index contributed by atoms with van der Waals surface area (Å²) in [6.45, 7) is 5.98. The number of H-pyrrole nitrogens is 1. The van der Waals surface area contributed by atoms with Gasteiger partial charge in [0.15, 0.2) is 0 Å². The van der Waals surface area contributed by atoms with Crippen LogP contribution in [0.1, 0.15) is 36.2 Å². The van der Waals surface area contributed by atoms with E-state index in [0.717, 1.165) is 75.9 Å². The first-order chi connectivity index (χ1) is 17.0. The predicted octanol–water partition coefficient (Wildman–Crippen LogP) is 3.75. The maximum atomic E-state index is 13.5. The molecule has 7 nitrogen and oxygen atoms in total. The van der Waals surface area contributed by atoms with Crippen molar-refractivity contribution < 1.29 is 19.0 Å². The Morgan fingerprint density at radius 1 is 1.00 bits per heavy atom. The monoisotopic (exact) mass is 480 g/mol. The molecule has 3 aromatic rings. The average Bonchev–Trinajstić information content (AvgIpc) is 3.30. The van der Waals surface area contributed by atoms with E-state index in [9.17, 15) is 14.3 Å². The SMILES string of the molecule is O=C(NC1CCN(CCN2CCC(O)CC2)CC1)c1cc2c(Oc3cccc(F)c3)cccc2[nH]1. The molecule has 2 fully saturated rings. The number of fused-ring (bicyclic) bond motifs is 1. The number of amides is 1. The van der Waals surface area contributed by atoms with Gasteiger partial charge in [-0.2, -0.15) is 0 Å². The second-order valence-electron chi connectivity index (χ2n) is 9.62. The predicted molar refractivity (Wildman–Crippen MR) is 133 cm³/mol. The average molecular weight is 481 g/mol. The Labute approximate surface area is 204 Å². The first kappa shape index (κ1) is 23.8. The van der Waals surface area contributed by atoms with Gasteiger partial charge in [0.05, 0.1) is 6.10 Å². The molecule has 0 spiro atoms. The number of hydrogen-bond acceptors (Lipinski definition) is 5. The Morgan fingerprint density at radius 2 is 1.69 bits per heavy atom. The number of nitrogens with zero attached hydrogens (tertiary/aromatic N) is 2. The van der Waals surface area contributed by atoms with Gasteiger partial charge in [0.2, 0.25) is 0 Å². The lowest BCUT2D eigenvalue weighted by Crippen LogP contribution is -2.47. The summed E-state index contributed by atoms with van der Waals surface area (Å²) in [4.78, 5) is 21.1. The maximum absolute atomic E-state index is 13.5. The topological polar surface area (TPSA) is 80.8 Å². The van der Waals surface area contributed by atoms with Crippen LogP contribution in [0.5, 0.6) is 11.5 Å². The number of aromatic amines is 1. The molecule has 186 valence electrons. The molecule has 2 aromatic carbocycles. The number of aliphatic hydroxyl groups excluding tert-OH is 1. The van der Waals surface area contributed by atoms with Crippen molar-refractivity contribution in [1.82, 2.24) is 20.1 Å². The van der Waals surface area contributed by atoms with Crippen molar-refractivity contribution in [3.63, 3.8) is 0 Å². The lowest BCUT2D eigenvalue weighted by molar-refractivity contribution is 0.0729. The van der Waals surface area contributed by atoms with E-state index in [1.165, 1.54) is 12.1 Å². The maximum Gasteiger partial charge on any atom is 0.267 e. The van der Waals surface area contributed by atoms with Gasteiger partial charge in [-0.05, 0) is 56.0 Å². The van der Waals surface area contributed by atoms with E-state index < -0.39 is 0 Å². The summed E-state index contributed by atoms with van der Waals surface area (Å²) in [6.07, 6.45) is 3.48. The number of piperidine rings is 2. The Balaban J connectivity index is 1.14. The molecule has 5 rings (SSSR count). The second-order valence-corrected chi connectivity index (χ2v) is 9.62. The Hall–Kier alpha value is -2.94. The summed E-state index contributed by atoms with van der Waals surface area (Å²) in [6, 6.07) is 13.5. The van der Waals surface area contributed by atoms with Gasteiger partial charge >= 0.3 is 0 Å². The zero-order valence-electron chi connectivity index (χ0n) is 19.9. The molecule has 1 amide bonds. The van der Waals surface area contributed by atoms with Gasteiger partial charge in [0, 0.05) is 62.3 Å². The van der Waals surface area contributed by atoms with Crippen LogP contribution in [0.4, 0.5) is 4.39 Å². The number of likely N-dealkylation sites (tertiary alicyclic amines) is 2. The third-order valence-electron chi connectivity index (χ3n) is 7.11. The van der Waals surface area contributed by atoms with Crippen LogP contribution >= 0.6 is 0 Å². The van der Waals surface area contributed by atoms with E-state index in [1.54, 1.807) is 18.2 Å². The Kier molecular flexibility index (Phi) is 7.32. The number of benzene rings is 2. The number of carbonyl (C=O) groups is 1. The van der Waals surface area contributed by atoms with E-state index in [4.69, 9.17) is 4.74 Å². The molecule has 0 atom stereocenters. The number of nitrogens with one attached hydrogen (secondary N) is 2. The molecule has 2 aliphatic rings. The number of hydrogen-bond donors (Lipinski definition) is 3. The largest absolute Gasteiger partial charge is 0.457 e. The first-order valence-corrected chi connectivity index (χ1v) is 12.5. The Bertz CT molecular complexity index is 1150. The first-order valence-electron chi connectivity index (χ1n) is 12.5. The number of rotatable bonds is 7. The minimum absolute atomic E-state index is 0.122. The van der Waals surface area contributed by atoms with Crippen LogP contribution in [0.3, 0.4) is 0 Å². The van der Waals surface area contributed by atoms with Crippen molar-refractivity contribution >= 4 is 16.8 Å². The molecule has 3 heterocycles. The van der Waals surface area contributed by atoms with Crippen LogP contribution < -0.4 is 10.1 Å². The second kappa shape index (κ2) is 10.8. The van der Waals surface area contributed by atoms with Crippen molar-refractivity contribution in [1.29, 1.82) is 0 Å². The fourth-order valence-electron chi connectivity index (χ4n) is 4.99. The van der Waals surface area contributed by atoms with Gasteiger partial charge in [-0.15, -0.1) is 0 Å². The molecular weight excluding hydrogens is 447 g/mol. The molecule has 0 radical (unpaired) electrons. The quantitative estimate of drug-likeness (QED) is 0.480. The fraction of sp³-hybridized carbons (Fsp3) is 0.444. The van der Waals surface area contributed by atoms with Crippen LogP contribution in [0.15, 0.2) is 48.5 Å². The Morgan fingerprint density at radius 3 is 2.40 bits per heavy atom. The molecule has 0 saturated carbocycles. The summed E-state index contributed by atoms with van der Waals surface area (Å²) in [5.74, 6) is 0.499. The molecule has 3 N–H and O–H groups in total. The fourth-order valence-corrected chi connectivity index (χ4v) is 4.99. The van der Waals surface area contributed by atoms with E-state index in [0.29, 0.717) is 17.2 Å². The number of halogens is 1. The minimum Gasteiger partial charge on any atom is -0.457 e. The third-order valence-corrected chi connectivity index (χ3v) is 7.11. The van der Waals surface area contributed by atoms with Crippen molar-refractivity contribution in [3.8, 4) is 11.5 Å². The van der Waals surface area contributed by atoms with Crippen molar-refractivity contribution in [2.45, 2.75) is 37.8 Å². The number of carbonyl (C=O) groups excluding carboxylic acids is 1. The highest BCUT2D eigenvalue weighted by Crippen LogP contribution is 2.31. The minimum atomic E-state index is -0.360. The molecule has 1 aromatic heterocycles. The number of aromatic nitrogens is 1. The van der Waals surface area contributed by atoms with Crippen LogP contribution in [0, 0.1) is 5.82 Å². The van der Waals surface area contributed by atoms with Gasteiger partial charge in [0.1, 0.15) is 23.0 Å². The van der Waals surface area contributed by atoms with E-state index in [-0.39, 0.29) is 23.9 Å². The summed E-state index contributed by atoms with van der Waals surface area (Å²) in [5.41, 5.74) is 1.29.